The topological polar surface area (TPSA) is 57.6 Å². The molecule has 0 atom stereocenters. The Labute approximate surface area is 96.5 Å². The van der Waals surface area contributed by atoms with Gasteiger partial charge in [0.1, 0.15) is 6.29 Å². The molecule has 0 heterocycles. The highest BCUT2D eigenvalue weighted by atomic mass is 16.2. The summed E-state index contributed by atoms with van der Waals surface area (Å²) >= 11 is 0. The lowest BCUT2D eigenvalue weighted by molar-refractivity contribution is -0.126. The molecule has 0 unspecified atom stereocenters. The molecule has 90 valence electrons. The number of nitrogens with zero attached hydrogens (tertiary/aromatic N) is 1. The number of carbonyl (C=O) groups is 2. The molecule has 1 aromatic rings. The SMILES string of the molecule is CC(=O)N(C)C.CO.O=Cc1ccccc1. The van der Waals surface area contributed by atoms with Gasteiger partial charge in [0.05, 0.1) is 0 Å². The Bertz CT molecular complexity index is 284. The molecule has 0 aliphatic rings. The molecule has 0 saturated carbocycles. The van der Waals surface area contributed by atoms with Crippen LogP contribution in [0.2, 0.25) is 0 Å². The Hall–Kier alpha value is -1.68. The molecule has 4 heteroatoms. The second-order valence-electron chi connectivity index (χ2n) is 2.94. The first-order valence-electron chi connectivity index (χ1n) is 4.70. The summed E-state index contributed by atoms with van der Waals surface area (Å²) in [6.45, 7) is 1.53. The quantitative estimate of drug-likeness (QED) is 0.731. The van der Waals surface area contributed by atoms with Crippen LogP contribution in [-0.2, 0) is 4.79 Å². The Morgan fingerprint density at radius 3 is 1.75 bits per heavy atom. The lowest BCUT2D eigenvalue weighted by atomic mass is 10.2. The molecular weight excluding hydrogens is 206 g/mol. The maximum atomic E-state index is 10.1. The van der Waals surface area contributed by atoms with Crippen LogP contribution in [0.15, 0.2) is 30.3 Å². The van der Waals surface area contributed by atoms with Crippen molar-refractivity contribution < 1.29 is 14.7 Å². The van der Waals surface area contributed by atoms with Crippen molar-refractivity contribution in [2.75, 3.05) is 21.2 Å². The normalized spacial score (nSPS) is 7.56. The summed E-state index contributed by atoms with van der Waals surface area (Å²) < 4.78 is 0. The van der Waals surface area contributed by atoms with E-state index in [2.05, 4.69) is 0 Å². The fourth-order valence-electron chi connectivity index (χ4n) is 0.532. The molecule has 1 amide bonds. The van der Waals surface area contributed by atoms with Gasteiger partial charge in [-0.3, -0.25) is 9.59 Å². The van der Waals surface area contributed by atoms with Gasteiger partial charge in [-0.05, 0) is 0 Å². The number of amides is 1. The molecule has 0 aliphatic heterocycles. The highest BCUT2D eigenvalue weighted by molar-refractivity contribution is 5.74. The summed E-state index contributed by atoms with van der Waals surface area (Å²) in [5.41, 5.74) is 0.729. The zero-order valence-electron chi connectivity index (χ0n) is 10.2. The number of hydrogen-bond acceptors (Lipinski definition) is 3. The molecule has 1 aromatic carbocycles. The van der Waals surface area contributed by atoms with Crippen LogP contribution in [-0.4, -0.2) is 43.4 Å². The fourth-order valence-corrected chi connectivity index (χ4v) is 0.532. The number of rotatable bonds is 1. The molecule has 1 rings (SSSR count). The number of hydrogen-bond donors (Lipinski definition) is 1. The van der Waals surface area contributed by atoms with E-state index >= 15 is 0 Å². The zero-order chi connectivity index (χ0) is 13.0. The van der Waals surface area contributed by atoms with Crippen LogP contribution < -0.4 is 0 Å². The van der Waals surface area contributed by atoms with Gasteiger partial charge in [0, 0.05) is 33.7 Å². The van der Waals surface area contributed by atoms with Crippen LogP contribution >= 0.6 is 0 Å². The van der Waals surface area contributed by atoms with Gasteiger partial charge in [-0.1, -0.05) is 30.3 Å². The first-order chi connectivity index (χ1) is 7.57. The lowest BCUT2D eigenvalue weighted by Gasteiger charge is -2.02. The van der Waals surface area contributed by atoms with Gasteiger partial charge in [0.2, 0.25) is 5.91 Å². The third-order valence-electron chi connectivity index (χ3n) is 1.57. The van der Waals surface area contributed by atoms with Gasteiger partial charge in [0.15, 0.2) is 0 Å². The van der Waals surface area contributed by atoms with Gasteiger partial charge in [-0.15, -0.1) is 0 Å². The Morgan fingerprint density at radius 1 is 1.19 bits per heavy atom. The van der Waals surface area contributed by atoms with Crippen molar-refractivity contribution in [1.29, 1.82) is 0 Å². The van der Waals surface area contributed by atoms with Crippen LogP contribution in [0.5, 0.6) is 0 Å². The van der Waals surface area contributed by atoms with Crippen LogP contribution in [0.3, 0.4) is 0 Å². The van der Waals surface area contributed by atoms with E-state index < -0.39 is 0 Å². The van der Waals surface area contributed by atoms with Crippen molar-refractivity contribution in [3.8, 4) is 0 Å². The van der Waals surface area contributed by atoms with E-state index in [1.54, 1.807) is 26.2 Å². The molecule has 0 spiro atoms. The molecule has 0 bridgehead atoms. The van der Waals surface area contributed by atoms with Crippen LogP contribution in [0.4, 0.5) is 0 Å². The van der Waals surface area contributed by atoms with Crippen molar-refractivity contribution in [2.24, 2.45) is 0 Å². The predicted molar refractivity (Wildman–Crippen MR) is 64.3 cm³/mol. The van der Waals surface area contributed by atoms with Crippen molar-refractivity contribution in [2.45, 2.75) is 6.92 Å². The van der Waals surface area contributed by atoms with E-state index in [1.165, 1.54) is 11.8 Å². The summed E-state index contributed by atoms with van der Waals surface area (Å²) in [5, 5.41) is 7.00. The van der Waals surface area contributed by atoms with E-state index in [1.807, 2.05) is 18.2 Å². The first-order valence-corrected chi connectivity index (χ1v) is 4.70. The highest BCUT2D eigenvalue weighted by Gasteiger charge is 1.87. The Morgan fingerprint density at radius 2 is 1.56 bits per heavy atom. The minimum absolute atomic E-state index is 0.0926. The molecule has 0 aromatic heterocycles. The van der Waals surface area contributed by atoms with E-state index in [-0.39, 0.29) is 5.91 Å². The summed E-state index contributed by atoms with van der Waals surface area (Å²) in [7, 11) is 4.45. The second kappa shape index (κ2) is 11.4. The van der Waals surface area contributed by atoms with Gasteiger partial charge in [0.25, 0.3) is 0 Å². The Balaban J connectivity index is 0. The minimum Gasteiger partial charge on any atom is -0.400 e. The highest BCUT2D eigenvalue weighted by Crippen LogP contribution is 1.91. The zero-order valence-corrected chi connectivity index (χ0v) is 10.2. The van der Waals surface area contributed by atoms with Crippen LogP contribution in [0.25, 0.3) is 0 Å². The van der Waals surface area contributed by atoms with Crippen molar-refractivity contribution in [3.63, 3.8) is 0 Å². The molecule has 16 heavy (non-hydrogen) atoms. The molecule has 4 nitrogen and oxygen atoms in total. The van der Waals surface area contributed by atoms with E-state index in [0.717, 1.165) is 19.0 Å². The van der Waals surface area contributed by atoms with Gasteiger partial charge < -0.3 is 10.0 Å². The van der Waals surface area contributed by atoms with Gasteiger partial charge >= 0.3 is 0 Å². The third kappa shape index (κ3) is 10.4. The minimum atomic E-state index is 0.0926. The summed E-state index contributed by atoms with van der Waals surface area (Å²) in [6.07, 6.45) is 0.833. The van der Waals surface area contributed by atoms with Crippen LogP contribution in [0.1, 0.15) is 17.3 Å². The number of carbonyl (C=O) groups excluding carboxylic acids is 2. The molecular formula is C12H19NO3. The lowest BCUT2D eigenvalue weighted by Crippen LogP contribution is -2.17. The number of aliphatic hydroxyl groups is 1. The van der Waals surface area contributed by atoms with Crippen LogP contribution in [0, 0.1) is 0 Å². The molecule has 1 N–H and O–H groups in total. The largest absolute Gasteiger partial charge is 0.400 e. The molecule has 0 radical (unpaired) electrons. The number of aldehydes is 1. The van der Waals surface area contributed by atoms with E-state index in [9.17, 15) is 9.59 Å². The number of aliphatic hydroxyl groups excluding tert-OH is 1. The monoisotopic (exact) mass is 225 g/mol. The summed E-state index contributed by atoms with van der Waals surface area (Å²) in [4.78, 5) is 21.6. The first kappa shape index (κ1) is 16.7. The average Bonchev–Trinajstić information content (AvgIpc) is 2.33. The average molecular weight is 225 g/mol. The van der Waals surface area contributed by atoms with Gasteiger partial charge in [-0.25, -0.2) is 0 Å². The molecule has 0 aliphatic carbocycles. The van der Waals surface area contributed by atoms with E-state index in [0.29, 0.717) is 0 Å². The van der Waals surface area contributed by atoms with E-state index in [4.69, 9.17) is 5.11 Å². The molecule has 0 fully saturated rings. The van der Waals surface area contributed by atoms with Crippen molar-refractivity contribution in [3.05, 3.63) is 35.9 Å². The fraction of sp³-hybridized carbons (Fsp3) is 0.333. The molecule has 0 saturated heterocycles. The Kier molecular flexibility index (Phi) is 11.9. The smallest absolute Gasteiger partial charge is 0.218 e. The summed E-state index contributed by atoms with van der Waals surface area (Å²) in [6, 6.07) is 9.10. The number of benzene rings is 1. The second-order valence-corrected chi connectivity index (χ2v) is 2.94. The van der Waals surface area contributed by atoms with Gasteiger partial charge in [-0.2, -0.15) is 0 Å². The predicted octanol–water partition coefficient (Wildman–Crippen LogP) is 1.20. The van der Waals surface area contributed by atoms with Crippen molar-refractivity contribution >= 4 is 12.2 Å². The summed E-state index contributed by atoms with van der Waals surface area (Å²) in [5.74, 6) is 0.0926. The standard InChI is InChI=1S/C7H6O.C4H9NO.CH4O/c8-6-7-4-2-1-3-5-7;1-4(6)5(2)3;1-2/h1-6H;1-3H3;2H,1H3. The maximum Gasteiger partial charge on any atom is 0.218 e. The third-order valence-corrected chi connectivity index (χ3v) is 1.57. The van der Waals surface area contributed by atoms with Crippen molar-refractivity contribution in [1.82, 2.24) is 4.90 Å². The maximum absolute atomic E-state index is 10.1.